The molecule has 4 rings (SSSR count). The standard InChI is InChI=1S/C56H68Cl2O17/c1-5-56(38-68-25-22-64-28-33-71-42(4)72-34-29-67-30-35-73-53(61)41(2)3,39-69-26-23-65-31-36-74-54(62)49-12-8-6-10-47(49)51(59)43-14-18-45(57)19-15-43)40-70-27-24-66-32-37-75-55(63)50-13-9-7-11-48(50)52(60)44-16-20-46(58)21-17-44/h6-21,42H,2,5,22-40H2,1,3-4H3. The SMILES string of the molecule is C=C(C)C(=O)OCCOCCOC(C)OCCOCCOCC(CC)(COCCOCCOC(=O)c1ccccc1C(=O)c1ccc(Cl)cc1)COCCOCCOC(=O)c1ccccc1C(=O)c1ccc(Cl)cc1. The van der Waals surface area contributed by atoms with Crippen molar-refractivity contribution in [2.45, 2.75) is 33.5 Å². The lowest BCUT2D eigenvalue weighted by molar-refractivity contribution is -0.150. The van der Waals surface area contributed by atoms with E-state index in [0.29, 0.717) is 79.4 Å². The number of ether oxygens (including phenoxy) is 12. The van der Waals surface area contributed by atoms with Crippen molar-refractivity contribution in [1.82, 2.24) is 0 Å². The third-order valence-corrected chi connectivity index (χ3v) is 11.5. The lowest BCUT2D eigenvalue weighted by Gasteiger charge is -2.32. The highest BCUT2D eigenvalue weighted by atomic mass is 35.5. The van der Waals surface area contributed by atoms with Gasteiger partial charge in [-0.25, -0.2) is 14.4 Å². The van der Waals surface area contributed by atoms with E-state index in [1.54, 1.807) is 111 Å². The highest BCUT2D eigenvalue weighted by Gasteiger charge is 2.30. The minimum atomic E-state index is -0.647. The van der Waals surface area contributed by atoms with E-state index in [9.17, 15) is 24.0 Å². The van der Waals surface area contributed by atoms with Crippen LogP contribution in [0.1, 0.15) is 79.8 Å². The summed E-state index contributed by atoms with van der Waals surface area (Å²) in [5.74, 6) is -2.40. The van der Waals surface area contributed by atoms with E-state index in [0.717, 1.165) is 0 Å². The Bertz CT molecular complexity index is 2230. The Morgan fingerprint density at radius 3 is 1.13 bits per heavy atom. The van der Waals surface area contributed by atoms with Gasteiger partial charge in [-0.15, -0.1) is 0 Å². The normalized spacial score (nSPS) is 11.7. The van der Waals surface area contributed by atoms with Crippen molar-refractivity contribution >= 4 is 52.7 Å². The number of benzene rings is 4. The van der Waals surface area contributed by atoms with E-state index in [1.165, 1.54) is 0 Å². The Labute approximate surface area is 448 Å². The number of rotatable bonds is 40. The van der Waals surface area contributed by atoms with Crippen LogP contribution in [0.5, 0.6) is 0 Å². The number of halogens is 2. The lowest BCUT2D eigenvalue weighted by Crippen LogP contribution is -2.38. The zero-order valence-corrected chi connectivity index (χ0v) is 44.4. The second-order valence-corrected chi connectivity index (χ2v) is 17.6. The van der Waals surface area contributed by atoms with Gasteiger partial charge in [0, 0.05) is 43.3 Å². The molecule has 1 atom stereocenters. The molecule has 0 radical (unpaired) electrons. The summed E-state index contributed by atoms with van der Waals surface area (Å²) in [5.41, 5.74) is 1.29. The van der Waals surface area contributed by atoms with Crippen LogP contribution in [0.4, 0.5) is 0 Å². The predicted molar refractivity (Wildman–Crippen MR) is 279 cm³/mol. The Balaban J connectivity index is 1.16. The maximum Gasteiger partial charge on any atom is 0.338 e. The molecule has 4 aromatic rings. The van der Waals surface area contributed by atoms with Crippen LogP contribution in [-0.2, 0) is 61.6 Å². The van der Waals surface area contributed by atoms with Gasteiger partial charge in [-0.1, -0.05) is 73.1 Å². The van der Waals surface area contributed by atoms with Crippen molar-refractivity contribution in [2.75, 3.05) is 126 Å². The minimum Gasteiger partial charge on any atom is -0.460 e. The van der Waals surface area contributed by atoms with Crippen molar-refractivity contribution in [1.29, 1.82) is 0 Å². The van der Waals surface area contributed by atoms with Crippen molar-refractivity contribution in [3.63, 3.8) is 0 Å². The predicted octanol–water partition coefficient (Wildman–Crippen LogP) is 8.48. The third-order valence-electron chi connectivity index (χ3n) is 11.0. The number of carbonyl (C=O) groups excluding carboxylic acids is 5. The van der Waals surface area contributed by atoms with E-state index in [2.05, 4.69) is 6.58 Å². The Kier molecular flexibility index (Phi) is 29.6. The van der Waals surface area contributed by atoms with Crippen molar-refractivity contribution < 1.29 is 80.8 Å². The topological polar surface area (TPSA) is 196 Å². The summed E-state index contributed by atoms with van der Waals surface area (Å²) in [4.78, 5) is 63.6. The first kappa shape index (κ1) is 62.1. The first-order valence-corrected chi connectivity index (χ1v) is 25.3. The van der Waals surface area contributed by atoms with Crippen LogP contribution in [0, 0.1) is 5.41 Å². The minimum absolute atomic E-state index is 0.0388. The molecule has 4 aromatic carbocycles. The van der Waals surface area contributed by atoms with E-state index in [1.807, 2.05) is 6.92 Å². The highest BCUT2D eigenvalue weighted by molar-refractivity contribution is 6.31. The van der Waals surface area contributed by atoms with Gasteiger partial charge >= 0.3 is 17.9 Å². The van der Waals surface area contributed by atoms with Crippen LogP contribution < -0.4 is 0 Å². The van der Waals surface area contributed by atoms with Crippen molar-refractivity contribution in [2.24, 2.45) is 5.41 Å². The number of carbonyl (C=O) groups is 5. The Hall–Kier alpha value is -5.41. The van der Waals surface area contributed by atoms with Gasteiger partial charge in [0.1, 0.15) is 19.8 Å². The van der Waals surface area contributed by atoms with Crippen LogP contribution in [0.15, 0.2) is 109 Å². The molecule has 0 aromatic heterocycles. The molecule has 17 nitrogen and oxygen atoms in total. The van der Waals surface area contributed by atoms with Crippen molar-refractivity contribution in [3.05, 3.63) is 153 Å². The quantitative estimate of drug-likeness (QED) is 0.0103. The maximum atomic E-state index is 13.1. The second kappa shape index (κ2) is 35.8. The summed E-state index contributed by atoms with van der Waals surface area (Å²) < 4.78 is 67.8. The average molecular weight is 1080 g/mol. The fourth-order valence-corrected chi connectivity index (χ4v) is 7.00. The Morgan fingerprint density at radius 2 is 0.773 bits per heavy atom. The molecule has 0 aliphatic carbocycles. The summed E-state index contributed by atoms with van der Waals surface area (Å²) in [6.07, 6.45) is 0.164. The number of ketones is 2. The molecule has 0 saturated carbocycles. The number of hydrogen-bond acceptors (Lipinski definition) is 17. The average Bonchev–Trinajstić information content (AvgIpc) is 3.42. The van der Waals surface area contributed by atoms with Gasteiger partial charge in [0.15, 0.2) is 17.9 Å². The van der Waals surface area contributed by atoms with Crippen molar-refractivity contribution in [3.8, 4) is 0 Å². The summed E-state index contributed by atoms with van der Waals surface area (Å²) in [5, 5.41) is 0.987. The molecule has 0 fully saturated rings. The van der Waals surface area contributed by atoms with Crippen LogP contribution in [0.2, 0.25) is 10.0 Å². The van der Waals surface area contributed by atoms with Gasteiger partial charge in [-0.3, -0.25) is 9.59 Å². The zero-order chi connectivity index (χ0) is 54.1. The monoisotopic (exact) mass is 1080 g/mol. The van der Waals surface area contributed by atoms with E-state index >= 15 is 0 Å². The fourth-order valence-electron chi connectivity index (χ4n) is 6.74. The van der Waals surface area contributed by atoms with Crippen LogP contribution >= 0.6 is 23.2 Å². The van der Waals surface area contributed by atoms with Gasteiger partial charge in [-0.2, -0.15) is 0 Å². The summed E-state index contributed by atoms with van der Waals surface area (Å²) in [6, 6.07) is 25.7. The van der Waals surface area contributed by atoms with Gasteiger partial charge in [0.05, 0.1) is 117 Å². The lowest BCUT2D eigenvalue weighted by atomic mass is 9.88. The molecule has 1 unspecified atom stereocenters. The molecule has 0 heterocycles. The van der Waals surface area contributed by atoms with E-state index < -0.39 is 29.6 Å². The Morgan fingerprint density at radius 1 is 0.453 bits per heavy atom. The summed E-state index contributed by atoms with van der Waals surface area (Å²) in [7, 11) is 0. The molecular weight excluding hydrogens is 1020 g/mol. The smallest absolute Gasteiger partial charge is 0.338 e. The molecule has 0 saturated heterocycles. The first-order valence-electron chi connectivity index (χ1n) is 24.6. The highest BCUT2D eigenvalue weighted by Crippen LogP contribution is 2.25. The third kappa shape index (κ3) is 23.6. The van der Waals surface area contributed by atoms with Crippen LogP contribution in [-0.4, -0.2) is 161 Å². The number of hydrogen-bond donors (Lipinski definition) is 0. The zero-order valence-electron chi connectivity index (χ0n) is 42.9. The molecule has 0 bridgehead atoms. The van der Waals surface area contributed by atoms with Gasteiger partial charge < -0.3 is 56.8 Å². The molecule has 0 spiro atoms. The second-order valence-electron chi connectivity index (χ2n) is 16.7. The van der Waals surface area contributed by atoms with E-state index in [4.69, 9.17) is 80.0 Å². The molecule has 75 heavy (non-hydrogen) atoms. The van der Waals surface area contributed by atoms with Crippen LogP contribution in [0.3, 0.4) is 0 Å². The molecule has 19 heteroatoms. The van der Waals surface area contributed by atoms with Crippen LogP contribution in [0.25, 0.3) is 0 Å². The molecule has 0 aliphatic rings. The fraction of sp³-hybridized carbons (Fsp3) is 0.446. The largest absolute Gasteiger partial charge is 0.460 e. The summed E-state index contributed by atoms with van der Waals surface area (Å²) in [6.45, 7) is 13.0. The van der Waals surface area contributed by atoms with Gasteiger partial charge in [0.2, 0.25) is 0 Å². The number of esters is 3. The summed E-state index contributed by atoms with van der Waals surface area (Å²) >= 11 is 12.0. The molecule has 0 aliphatic heterocycles. The first-order chi connectivity index (χ1) is 36.3. The van der Waals surface area contributed by atoms with Gasteiger partial charge in [-0.05, 0) is 80.9 Å². The molecule has 0 N–H and O–H groups in total. The van der Waals surface area contributed by atoms with E-state index in [-0.39, 0.29) is 113 Å². The molecule has 0 amide bonds. The molecular formula is C56H68Cl2O17. The maximum absolute atomic E-state index is 13.1. The molecule has 408 valence electrons. The van der Waals surface area contributed by atoms with Gasteiger partial charge in [0.25, 0.3) is 0 Å².